The first kappa shape index (κ1) is 54.5. The Hall–Kier alpha value is -8.45. The summed E-state index contributed by atoms with van der Waals surface area (Å²) < 4.78 is 58.9. The average Bonchev–Trinajstić information content (AvgIpc) is 1.59. The van der Waals surface area contributed by atoms with Crippen molar-refractivity contribution in [2.45, 2.75) is 157 Å². The molecule has 1 aliphatic rings. The molecule has 0 fully saturated rings. The van der Waals surface area contributed by atoms with Crippen LogP contribution in [0.2, 0.25) is 0 Å². The summed E-state index contributed by atoms with van der Waals surface area (Å²) in [6, 6.07) is 55.6. The lowest BCUT2D eigenvalue weighted by atomic mass is 9.74. The highest BCUT2D eigenvalue weighted by Crippen LogP contribution is 2.54. The van der Waals surface area contributed by atoms with Gasteiger partial charge in [0.05, 0.1) is 34.9 Å². The van der Waals surface area contributed by atoms with Gasteiger partial charge in [-0.1, -0.05) is 228 Å². The molecule has 90 heavy (non-hydrogen) atoms. The minimum atomic E-state index is -0.428. The maximum absolute atomic E-state index is 9.73. The van der Waals surface area contributed by atoms with Crippen molar-refractivity contribution >= 4 is 76.1 Å². The van der Waals surface area contributed by atoms with E-state index >= 15 is 0 Å². The molecule has 0 radical (unpaired) electrons. The third-order valence-electron chi connectivity index (χ3n) is 18.2. The molecule has 0 saturated heterocycles. The Labute approximate surface area is 546 Å². The van der Waals surface area contributed by atoms with E-state index in [1.54, 1.807) is 0 Å². The van der Waals surface area contributed by atoms with Gasteiger partial charge >= 0.3 is 0 Å². The Morgan fingerprint density at radius 2 is 1.03 bits per heavy atom. The molecule has 5 nitrogen and oxygen atoms in total. The van der Waals surface area contributed by atoms with Gasteiger partial charge in [-0.05, 0) is 161 Å². The Morgan fingerprint density at radius 3 is 1.67 bits per heavy atom. The standard InChI is InChI=1S/C84H88N4OS/c1-79(2,3)55-39-40-85-74(48-55)88-71-38-37-63-62-29-22-25-34-73(62)90-78(63)76(71)64-36-35-60(50-72(64)88)89-61-44-54(75-67(83(13,14)15)30-26-31-68(75)84(16,17)18)43-59(49-61)86-51-87(70-33-24-23-32-69(70)86)77-65(52-27-20-19-21-28-52)46-58(82(10,11)12)47-66(77)53-41-56(80(4,5)6)45-57(42-53)81(7,8)9/h19-50H,51H2,1-18H3/i19D,20D,21D,27D,28D. The van der Waals surface area contributed by atoms with Gasteiger partial charge in [-0.15, -0.1) is 11.3 Å². The molecule has 4 heterocycles. The summed E-state index contributed by atoms with van der Waals surface area (Å²) in [5, 5.41) is 4.78. The van der Waals surface area contributed by atoms with Gasteiger partial charge in [-0.25, -0.2) is 4.98 Å². The van der Waals surface area contributed by atoms with Gasteiger partial charge in [-0.2, -0.15) is 0 Å². The number of hydrogen-bond acceptors (Lipinski definition) is 5. The quantitative estimate of drug-likeness (QED) is 0.152. The van der Waals surface area contributed by atoms with E-state index in [4.69, 9.17) is 11.1 Å². The maximum atomic E-state index is 9.73. The first-order chi connectivity index (χ1) is 44.5. The maximum Gasteiger partial charge on any atom is 0.137 e. The van der Waals surface area contributed by atoms with Crippen LogP contribution in [-0.2, 0) is 32.5 Å². The number of benzene rings is 9. The highest BCUT2D eigenvalue weighted by molar-refractivity contribution is 7.26. The molecule has 0 bridgehead atoms. The SMILES string of the molecule is [2H]c1c([2H])c([2H])c(-c2cc(C(C)(C)C)cc(-c3cc(C(C)(C)C)cc(C(C)(C)C)c3)c2N2CN(c3cc(Oc4ccc5c6c7sc8ccccc8c7ccc6n(-c6cc(C(C)(C)C)ccn6)c5c4)cc(-c4c(C(C)(C)C)cccc4C(C)(C)C)c3)c3ccccc32)c([2H])c1[2H]. The molecule has 6 heteroatoms. The van der Waals surface area contributed by atoms with E-state index in [9.17, 15) is 5.48 Å². The van der Waals surface area contributed by atoms with E-state index in [-0.39, 0.29) is 56.8 Å². The molecular weight excluding hydrogens is 1110 g/mol. The van der Waals surface area contributed by atoms with Gasteiger partial charge < -0.3 is 14.5 Å². The predicted octanol–water partition coefficient (Wildman–Crippen LogP) is 24.4. The van der Waals surface area contributed by atoms with Gasteiger partial charge in [-0.3, -0.25) is 4.57 Å². The van der Waals surface area contributed by atoms with E-state index in [0.29, 0.717) is 23.7 Å². The van der Waals surface area contributed by atoms with Crippen LogP contribution in [0.1, 0.15) is 165 Å². The fourth-order valence-electron chi connectivity index (χ4n) is 13.2. The highest BCUT2D eigenvalue weighted by Gasteiger charge is 2.35. The fourth-order valence-corrected chi connectivity index (χ4v) is 14.5. The van der Waals surface area contributed by atoms with Crippen LogP contribution in [0.25, 0.3) is 81.2 Å². The second-order valence-electron chi connectivity index (χ2n) is 31.1. The summed E-state index contributed by atoms with van der Waals surface area (Å²) in [5.74, 6) is 2.17. The molecule has 0 unspecified atom stereocenters. The van der Waals surface area contributed by atoms with Crippen molar-refractivity contribution in [3.05, 3.63) is 228 Å². The highest BCUT2D eigenvalue weighted by atomic mass is 32.1. The van der Waals surface area contributed by atoms with Crippen molar-refractivity contribution in [1.29, 1.82) is 0 Å². The number of aromatic nitrogens is 2. The normalized spacial score (nSPS) is 14.4. The van der Waals surface area contributed by atoms with Crippen LogP contribution < -0.4 is 14.5 Å². The van der Waals surface area contributed by atoms with Gasteiger partial charge in [0.2, 0.25) is 0 Å². The topological polar surface area (TPSA) is 33.5 Å². The Morgan fingerprint density at radius 1 is 0.444 bits per heavy atom. The number of rotatable bonds is 8. The molecule has 0 amide bonds. The van der Waals surface area contributed by atoms with Crippen LogP contribution >= 0.6 is 11.3 Å². The smallest absolute Gasteiger partial charge is 0.137 e. The van der Waals surface area contributed by atoms with Crippen LogP contribution in [0.4, 0.5) is 22.7 Å². The molecule has 3 aromatic heterocycles. The number of hydrogen-bond donors (Lipinski definition) is 0. The van der Waals surface area contributed by atoms with Crippen molar-refractivity contribution < 1.29 is 11.6 Å². The molecule has 9 aromatic carbocycles. The van der Waals surface area contributed by atoms with Gasteiger partial charge in [0.1, 0.15) is 24.0 Å². The zero-order valence-corrected chi connectivity index (χ0v) is 56.7. The van der Waals surface area contributed by atoms with E-state index in [2.05, 4.69) is 297 Å². The van der Waals surface area contributed by atoms with E-state index < -0.39 is 11.5 Å². The number of thiophene rings is 1. The Balaban J connectivity index is 1.07. The molecule has 0 saturated carbocycles. The van der Waals surface area contributed by atoms with Crippen LogP contribution in [0.15, 0.2) is 194 Å². The first-order valence-electron chi connectivity index (χ1n) is 34.4. The van der Waals surface area contributed by atoms with Crippen molar-refractivity contribution in [2.75, 3.05) is 16.5 Å². The van der Waals surface area contributed by atoms with Crippen LogP contribution in [0.3, 0.4) is 0 Å². The third kappa shape index (κ3) is 11.0. The van der Waals surface area contributed by atoms with Crippen molar-refractivity contribution in [2.24, 2.45) is 0 Å². The summed E-state index contributed by atoms with van der Waals surface area (Å²) in [4.78, 5) is 9.78. The molecule has 1 aliphatic heterocycles. The number of fused-ring (bicyclic) bond motifs is 8. The number of ether oxygens (including phenoxy) is 1. The lowest BCUT2D eigenvalue weighted by Crippen LogP contribution is -2.25. The molecule has 0 aliphatic carbocycles. The minimum absolute atomic E-state index is 0.114. The van der Waals surface area contributed by atoms with Crippen LogP contribution in [0, 0.1) is 0 Å². The molecule has 456 valence electrons. The molecule has 0 atom stereocenters. The lowest BCUT2D eigenvalue weighted by molar-refractivity contribution is 0.483. The molecule has 13 rings (SSSR count). The van der Waals surface area contributed by atoms with Crippen LogP contribution in [-0.4, -0.2) is 16.2 Å². The Bertz CT molecular complexity index is 5010. The molecule has 12 aromatic rings. The second-order valence-corrected chi connectivity index (χ2v) is 32.2. The number of para-hydroxylation sites is 2. The summed E-state index contributed by atoms with van der Waals surface area (Å²) in [6.07, 6.45) is 1.93. The number of nitrogens with zero attached hydrogens (tertiary/aromatic N) is 4. The van der Waals surface area contributed by atoms with E-state index in [1.165, 1.54) is 53.4 Å². The summed E-state index contributed by atoms with van der Waals surface area (Å²) in [7, 11) is 0. The van der Waals surface area contributed by atoms with Gasteiger partial charge in [0.25, 0.3) is 0 Å². The molecule has 0 N–H and O–H groups in total. The summed E-state index contributed by atoms with van der Waals surface area (Å²) in [5.41, 5.74) is 15.8. The van der Waals surface area contributed by atoms with Crippen LogP contribution in [0.5, 0.6) is 11.5 Å². The van der Waals surface area contributed by atoms with E-state index in [0.717, 1.165) is 72.8 Å². The second kappa shape index (κ2) is 21.6. The van der Waals surface area contributed by atoms with E-state index in [1.807, 2.05) is 17.5 Å². The number of anilines is 4. The van der Waals surface area contributed by atoms with Gasteiger partial charge in [0.15, 0.2) is 0 Å². The predicted molar refractivity (Wildman–Crippen MR) is 389 cm³/mol. The molecular formula is C84H88N4OS. The molecule has 0 spiro atoms. The van der Waals surface area contributed by atoms with Crippen molar-refractivity contribution in [3.8, 4) is 50.7 Å². The largest absolute Gasteiger partial charge is 0.457 e. The lowest BCUT2D eigenvalue weighted by Gasteiger charge is -2.32. The monoisotopic (exact) mass is 1210 g/mol. The zero-order valence-electron chi connectivity index (χ0n) is 60.9. The van der Waals surface area contributed by atoms with Crippen molar-refractivity contribution in [3.63, 3.8) is 0 Å². The fraction of sp³-hybridized carbons (Fsp3) is 0.298. The third-order valence-corrected chi connectivity index (χ3v) is 19.4. The summed E-state index contributed by atoms with van der Waals surface area (Å²) in [6.45, 7) is 40.8. The Kier molecular flexibility index (Phi) is 13.1. The summed E-state index contributed by atoms with van der Waals surface area (Å²) >= 11 is 1.84. The first-order valence-corrected chi connectivity index (χ1v) is 32.7. The minimum Gasteiger partial charge on any atom is -0.457 e. The number of pyridine rings is 1. The zero-order chi connectivity index (χ0) is 68.1. The van der Waals surface area contributed by atoms with Crippen molar-refractivity contribution in [1.82, 2.24) is 9.55 Å². The van der Waals surface area contributed by atoms with Gasteiger partial charge in [0, 0.05) is 66.1 Å². The average molecular weight is 1210 g/mol.